The van der Waals surface area contributed by atoms with Gasteiger partial charge in [0.05, 0.1) is 0 Å². The zero-order valence-corrected chi connectivity index (χ0v) is 9.26. The average molecular weight is 245 g/mol. The van der Waals surface area contributed by atoms with E-state index in [0.29, 0.717) is 5.56 Å². The second-order valence-corrected chi connectivity index (χ2v) is 4.09. The second-order valence-electron chi connectivity index (χ2n) is 4.09. The van der Waals surface area contributed by atoms with Crippen LogP contribution < -0.4 is 10.1 Å². The summed E-state index contributed by atoms with van der Waals surface area (Å²) in [5.74, 6) is -0.429. The number of nitrogens with one attached hydrogen (secondary N) is 1. The molecule has 0 spiro atoms. The van der Waals surface area contributed by atoms with E-state index in [-0.39, 0.29) is 11.7 Å². The molecule has 1 aliphatic rings. The third kappa shape index (κ3) is 3.12. The Kier molecular flexibility index (Phi) is 3.89. The number of hydrogen-bond donors (Lipinski definition) is 1. The summed E-state index contributed by atoms with van der Waals surface area (Å²) in [6.07, 6.45) is 1.73. The number of alkyl halides is 2. The summed E-state index contributed by atoms with van der Waals surface area (Å²) in [6.45, 7) is -1.20. The quantitative estimate of drug-likeness (QED) is 0.884. The predicted molar refractivity (Wildman–Crippen MR) is 57.9 cm³/mol. The molecule has 0 unspecified atom stereocenters. The van der Waals surface area contributed by atoms with Crippen molar-refractivity contribution in [1.29, 1.82) is 0 Å². The fourth-order valence-electron chi connectivity index (χ4n) is 2.15. The Morgan fingerprint density at radius 1 is 1.24 bits per heavy atom. The van der Waals surface area contributed by atoms with E-state index in [1.54, 1.807) is 6.07 Å². The van der Waals surface area contributed by atoms with Crippen molar-refractivity contribution in [1.82, 2.24) is 5.32 Å². The van der Waals surface area contributed by atoms with Gasteiger partial charge < -0.3 is 10.1 Å². The molecule has 17 heavy (non-hydrogen) atoms. The molecule has 0 atom stereocenters. The Balaban J connectivity index is 2.13. The highest BCUT2D eigenvalue weighted by Crippen LogP contribution is 2.29. The van der Waals surface area contributed by atoms with Crippen molar-refractivity contribution in [2.75, 3.05) is 13.1 Å². The van der Waals surface area contributed by atoms with Crippen LogP contribution in [0.15, 0.2) is 18.2 Å². The van der Waals surface area contributed by atoms with Crippen molar-refractivity contribution >= 4 is 0 Å². The van der Waals surface area contributed by atoms with Gasteiger partial charge in [-0.1, -0.05) is 6.07 Å². The van der Waals surface area contributed by atoms with E-state index in [4.69, 9.17) is 0 Å². The number of benzene rings is 1. The summed E-state index contributed by atoms with van der Waals surface area (Å²) in [7, 11) is 0. The number of hydrogen-bond acceptors (Lipinski definition) is 2. The molecule has 0 bridgehead atoms. The Morgan fingerprint density at radius 2 is 1.94 bits per heavy atom. The zero-order chi connectivity index (χ0) is 12.3. The van der Waals surface area contributed by atoms with Crippen LogP contribution in [0.4, 0.5) is 13.2 Å². The molecule has 1 aliphatic heterocycles. The number of piperidine rings is 1. The van der Waals surface area contributed by atoms with Crippen LogP contribution >= 0.6 is 0 Å². The Hall–Kier alpha value is -1.23. The van der Waals surface area contributed by atoms with Gasteiger partial charge in [0.25, 0.3) is 0 Å². The van der Waals surface area contributed by atoms with Crippen molar-refractivity contribution < 1.29 is 17.9 Å². The van der Waals surface area contributed by atoms with Crippen molar-refractivity contribution in [3.8, 4) is 5.75 Å². The minimum atomic E-state index is -2.92. The van der Waals surface area contributed by atoms with Crippen LogP contribution in [0.1, 0.15) is 24.3 Å². The maximum absolute atomic E-state index is 13.7. The fourth-order valence-corrected chi connectivity index (χ4v) is 2.15. The van der Waals surface area contributed by atoms with Crippen molar-refractivity contribution in [2.45, 2.75) is 25.4 Å². The van der Waals surface area contributed by atoms with Crippen LogP contribution in [0.5, 0.6) is 5.75 Å². The highest BCUT2D eigenvalue weighted by Gasteiger charge is 2.19. The van der Waals surface area contributed by atoms with E-state index in [0.717, 1.165) is 32.0 Å². The molecule has 1 aromatic carbocycles. The SMILES string of the molecule is Fc1cc(OC(F)F)ccc1C1CCNCC1. The first-order chi connectivity index (χ1) is 8.16. The average Bonchev–Trinajstić information content (AvgIpc) is 2.29. The topological polar surface area (TPSA) is 21.3 Å². The van der Waals surface area contributed by atoms with Gasteiger partial charge in [0.1, 0.15) is 11.6 Å². The molecular weight excluding hydrogens is 231 g/mol. The molecule has 1 heterocycles. The monoisotopic (exact) mass is 245 g/mol. The van der Waals surface area contributed by atoms with Gasteiger partial charge in [0.2, 0.25) is 0 Å². The summed E-state index contributed by atoms with van der Waals surface area (Å²) in [5.41, 5.74) is 0.591. The van der Waals surface area contributed by atoms with Crippen molar-refractivity contribution in [3.05, 3.63) is 29.6 Å². The number of halogens is 3. The summed E-state index contributed by atoms with van der Waals surface area (Å²) in [5, 5.41) is 3.20. The molecule has 2 nitrogen and oxygen atoms in total. The lowest BCUT2D eigenvalue weighted by Gasteiger charge is -2.23. The minimum Gasteiger partial charge on any atom is -0.435 e. The van der Waals surface area contributed by atoms with Crippen LogP contribution in [0.3, 0.4) is 0 Å². The smallest absolute Gasteiger partial charge is 0.387 e. The molecule has 1 fully saturated rings. The van der Waals surface area contributed by atoms with E-state index < -0.39 is 12.4 Å². The van der Waals surface area contributed by atoms with Gasteiger partial charge in [0.15, 0.2) is 0 Å². The molecule has 2 rings (SSSR count). The first-order valence-electron chi connectivity index (χ1n) is 5.62. The van der Waals surface area contributed by atoms with Gasteiger partial charge in [0, 0.05) is 6.07 Å². The van der Waals surface area contributed by atoms with E-state index in [2.05, 4.69) is 10.1 Å². The molecule has 1 N–H and O–H groups in total. The van der Waals surface area contributed by atoms with E-state index in [1.165, 1.54) is 6.07 Å². The van der Waals surface area contributed by atoms with Crippen LogP contribution in [-0.2, 0) is 0 Å². The Morgan fingerprint density at radius 3 is 2.53 bits per heavy atom. The lowest BCUT2D eigenvalue weighted by molar-refractivity contribution is -0.0500. The molecule has 94 valence electrons. The van der Waals surface area contributed by atoms with Crippen molar-refractivity contribution in [2.24, 2.45) is 0 Å². The molecule has 1 aromatic rings. The summed E-state index contributed by atoms with van der Waals surface area (Å²) in [6, 6.07) is 3.97. The molecular formula is C12H14F3NO. The molecule has 1 saturated heterocycles. The largest absolute Gasteiger partial charge is 0.435 e. The first-order valence-corrected chi connectivity index (χ1v) is 5.62. The summed E-state index contributed by atoms with van der Waals surface area (Å²) < 4.78 is 41.8. The fraction of sp³-hybridized carbons (Fsp3) is 0.500. The normalized spacial score (nSPS) is 17.4. The van der Waals surface area contributed by atoms with Gasteiger partial charge in [-0.2, -0.15) is 8.78 Å². The Labute approximate surface area is 97.8 Å². The molecule has 0 aromatic heterocycles. The van der Waals surface area contributed by atoms with E-state index in [9.17, 15) is 13.2 Å². The van der Waals surface area contributed by atoms with E-state index in [1.807, 2.05) is 0 Å². The Bertz CT molecular complexity index is 378. The number of rotatable bonds is 3. The van der Waals surface area contributed by atoms with Gasteiger partial charge in [-0.05, 0) is 43.5 Å². The predicted octanol–water partition coefficient (Wildman–Crippen LogP) is 2.89. The lowest BCUT2D eigenvalue weighted by atomic mass is 9.90. The molecule has 5 heteroatoms. The summed E-state index contributed by atoms with van der Waals surface area (Å²) >= 11 is 0. The van der Waals surface area contributed by atoms with Gasteiger partial charge in [-0.3, -0.25) is 0 Å². The first kappa shape index (κ1) is 12.2. The molecule has 0 aliphatic carbocycles. The third-order valence-corrected chi connectivity index (χ3v) is 2.98. The third-order valence-electron chi connectivity index (χ3n) is 2.98. The van der Waals surface area contributed by atoms with Crippen LogP contribution in [-0.4, -0.2) is 19.7 Å². The van der Waals surface area contributed by atoms with Gasteiger partial charge >= 0.3 is 6.61 Å². The maximum atomic E-state index is 13.7. The maximum Gasteiger partial charge on any atom is 0.387 e. The molecule has 0 amide bonds. The summed E-state index contributed by atoms with van der Waals surface area (Å²) in [4.78, 5) is 0. The van der Waals surface area contributed by atoms with Crippen LogP contribution in [0, 0.1) is 5.82 Å². The zero-order valence-electron chi connectivity index (χ0n) is 9.26. The lowest BCUT2D eigenvalue weighted by Crippen LogP contribution is -2.27. The van der Waals surface area contributed by atoms with Crippen molar-refractivity contribution in [3.63, 3.8) is 0 Å². The molecule has 0 radical (unpaired) electrons. The van der Waals surface area contributed by atoms with Gasteiger partial charge in [-0.15, -0.1) is 0 Å². The van der Waals surface area contributed by atoms with E-state index >= 15 is 0 Å². The van der Waals surface area contributed by atoms with Gasteiger partial charge in [-0.25, -0.2) is 4.39 Å². The highest BCUT2D eigenvalue weighted by atomic mass is 19.3. The molecule has 0 saturated carbocycles. The second kappa shape index (κ2) is 5.40. The van der Waals surface area contributed by atoms with Crippen LogP contribution in [0.2, 0.25) is 0 Å². The number of ether oxygens (including phenoxy) is 1. The standard InChI is InChI=1S/C12H14F3NO/c13-11-7-9(17-12(14)15)1-2-10(11)8-3-5-16-6-4-8/h1-2,7-8,12,16H,3-6H2. The van der Waals surface area contributed by atoms with Crippen LogP contribution in [0.25, 0.3) is 0 Å². The minimum absolute atomic E-state index is 0.129. The highest BCUT2D eigenvalue weighted by molar-refractivity contribution is 5.31.